The summed E-state index contributed by atoms with van der Waals surface area (Å²) in [6.07, 6.45) is 0. The van der Waals surface area contributed by atoms with E-state index in [-0.39, 0.29) is 23.3 Å². The highest BCUT2D eigenvalue weighted by Crippen LogP contribution is 2.24. The van der Waals surface area contributed by atoms with Gasteiger partial charge in [0.05, 0.1) is 10.6 Å². The van der Waals surface area contributed by atoms with Crippen molar-refractivity contribution in [2.24, 2.45) is 0 Å². The summed E-state index contributed by atoms with van der Waals surface area (Å²) in [5, 5.41) is 2.88. The minimum Gasteiger partial charge on any atom is -0.354 e. The number of sulfonamides is 1. The summed E-state index contributed by atoms with van der Waals surface area (Å²) >= 11 is 0. The molecule has 0 bridgehead atoms. The number of nitrogens with one attached hydrogen (secondary N) is 1. The second-order valence-electron chi connectivity index (χ2n) is 7.78. The first kappa shape index (κ1) is 22.6. The first-order chi connectivity index (χ1) is 14.8. The van der Waals surface area contributed by atoms with Gasteiger partial charge in [0.2, 0.25) is 5.91 Å². The van der Waals surface area contributed by atoms with Crippen molar-refractivity contribution in [3.63, 3.8) is 0 Å². The second-order valence-corrected chi connectivity index (χ2v) is 9.64. The second kappa shape index (κ2) is 9.79. The maximum atomic E-state index is 13.4. The van der Waals surface area contributed by atoms with Crippen LogP contribution in [0.5, 0.6) is 0 Å². The first-order valence-electron chi connectivity index (χ1n) is 10.2. The van der Waals surface area contributed by atoms with Crippen molar-refractivity contribution in [1.29, 1.82) is 0 Å². The van der Waals surface area contributed by atoms with Crippen molar-refractivity contribution in [1.82, 2.24) is 5.32 Å². The van der Waals surface area contributed by atoms with E-state index in [2.05, 4.69) is 5.32 Å². The molecule has 0 aliphatic carbocycles. The Morgan fingerprint density at radius 3 is 2.00 bits per heavy atom. The Hall–Kier alpha value is -3.12. The fraction of sp³-hybridized carbons (Fsp3) is 0.240. The molecule has 5 nitrogen and oxygen atoms in total. The number of nitrogens with zero attached hydrogens (tertiary/aromatic N) is 1. The van der Waals surface area contributed by atoms with Gasteiger partial charge in [-0.2, -0.15) is 0 Å². The lowest BCUT2D eigenvalue weighted by molar-refractivity contribution is -0.119. The summed E-state index contributed by atoms with van der Waals surface area (Å²) in [7, 11) is -3.90. The van der Waals surface area contributed by atoms with Crippen molar-refractivity contribution in [2.75, 3.05) is 17.4 Å². The Balaban J connectivity index is 1.80. The zero-order valence-electron chi connectivity index (χ0n) is 18.1. The van der Waals surface area contributed by atoms with Crippen LogP contribution in [-0.2, 0) is 14.8 Å². The highest BCUT2D eigenvalue weighted by atomic mass is 32.2. The molecule has 162 valence electrons. The molecule has 1 N–H and O–H groups in total. The predicted octanol–water partition coefficient (Wildman–Crippen LogP) is 4.42. The monoisotopic (exact) mass is 436 g/mol. The lowest BCUT2D eigenvalue weighted by atomic mass is 10.0. The van der Waals surface area contributed by atoms with Crippen molar-refractivity contribution in [3.05, 3.63) is 95.6 Å². The van der Waals surface area contributed by atoms with E-state index in [0.717, 1.165) is 16.7 Å². The first-order valence-corrected chi connectivity index (χ1v) is 11.7. The molecule has 0 saturated carbocycles. The van der Waals surface area contributed by atoms with Gasteiger partial charge in [0, 0.05) is 6.54 Å². The van der Waals surface area contributed by atoms with Gasteiger partial charge in [0.15, 0.2) is 0 Å². The van der Waals surface area contributed by atoms with E-state index in [1.165, 1.54) is 4.31 Å². The van der Waals surface area contributed by atoms with Crippen molar-refractivity contribution < 1.29 is 13.2 Å². The highest BCUT2D eigenvalue weighted by molar-refractivity contribution is 7.92. The van der Waals surface area contributed by atoms with Gasteiger partial charge in [-0.3, -0.25) is 9.10 Å². The molecule has 0 radical (unpaired) electrons. The number of anilines is 1. The van der Waals surface area contributed by atoms with E-state index in [0.29, 0.717) is 12.2 Å². The van der Waals surface area contributed by atoms with Gasteiger partial charge in [-0.15, -0.1) is 0 Å². The summed E-state index contributed by atoms with van der Waals surface area (Å²) in [5.74, 6) is -0.231. The van der Waals surface area contributed by atoms with Gasteiger partial charge >= 0.3 is 0 Å². The van der Waals surface area contributed by atoms with E-state index in [1.807, 2.05) is 63.2 Å². The number of carbonyl (C=O) groups is 1. The third-order valence-electron chi connectivity index (χ3n) is 5.19. The molecule has 1 amide bonds. The molecule has 31 heavy (non-hydrogen) atoms. The molecule has 0 saturated heterocycles. The van der Waals surface area contributed by atoms with E-state index in [4.69, 9.17) is 0 Å². The Labute approximate surface area is 184 Å². The maximum Gasteiger partial charge on any atom is 0.264 e. The number of amides is 1. The molecule has 3 aromatic rings. The van der Waals surface area contributed by atoms with E-state index in [1.54, 1.807) is 36.4 Å². The average molecular weight is 437 g/mol. The minimum absolute atomic E-state index is 0.117. The maximum absolute atomic E-state index is 13.4. The highest BCUT2D eigenvalue weighted by Gasteiger charge is 2.27. The largest absolute Gasteiger partial charge is 0.354 e. The van der Waals surface area contributed by atoms with Crippen molar-refractivity contribution >= 4 is 21.6 Å². The molecule has 0 spiro atoms. The van der Waals surface area contributed by atoms with Gasteiger partial charge in [-0.25, -0.2) is 8.42 Å². The van der Waals surface area contributed by atoms with E-state index >= 15 is 0 Å². The van der Waals surface area contributed by atoms with Crippen LogP contribution in [-0.4, -0.2) is 27.4 Å². The fourth-order valence-electron chi connectivity index (χ4n) is 3.22. The molecule has 0 aromatic heterocycles. The lowest BCUT2D eigenvalue weighted by Gasteiger charge is -2.24. The number of rotatable bonds is 8. The smallest absolute Gasteiger partial charge is 0.264 e. The van der Waals surface area contributed by atoms with Crippen LogP contribution in [0.3, 0.4) is 0 Å². The van der Waals surface area contributed by atoms with Crippen LogP contribution in [0.15, 0.2) is 83.8 Å². The third-order valence-corrected chi connectivity index (χ3v) is 6.98. The molecule has 3 rings (SSSR count). The van der Waals surface area contributed by atoms with Crippen LogP contribution in [0.4, 0.5) is 5.69 Å². The predicted molar refractivity (Wildman–Crippen MR) is 125 cm³/mol. The lowest BCUT2D eigenvalue weighted by Crippen LogP contribution is -2.41. The Kier molecular flexibility index (Phi) is 7.13. The molecule has 0 heterocycles. The molecule has 0 unspecified atom stereocenters. The molecular weight excluding hydrogens is 408 g/mol. The average Bonchev–Trinajstić information content (AvgIpc) is 2.77. The summed E-state index contributed by atoms with van der Waals surface area (Å²) in [4.78, 5) is 12.9. The van der Waals surface area contributed by atoms with Crippen LogP contribution in [0.1, 0.15) is 29.5 Å². The van der Waals surface area contributed by atoms with Crippen molar-refractivity contribution in [2.45, 2.75) is 31.6 Å². The molecular formula is C25H28N2O3S. The summed E-state index contributed by atoms with van der Waals surface area (Å²) in [6, 6.07) is 23.7. The number of hydrogen-bond donors (Lipinski definition) is 1. The summed E-state index contributed by atoms with van der Waals surface area (Å²) < 4.78 is 27.9. The standard InChI is InChI=1S/C25H28N2O3S/c1-19-9-13-23(14-10-19)27(31(29,30)24-15-11-20(2)12-16-24)18-25(28)26-17-21(3)22-7-5-4-6-8-22/h4-16,21H,17-18H2,1-3H3,(H,26,28)/t21-/m0/s1. The molecule has 0 aliphatic heterocycles. The topological polar surface area (TPSA) is 66.5 Å². The minimum atomic E-state index is -3.90. The SMILES string of the molecule is Cc1ccc(N(CC(=O)NC[C@H](C)c2ccccc2)S(=O)(=O)c2ccc(C)cc2)cc1. The molecule has 0 fully saturated rings. The molecule has 3 aromatic carbocycles. The fourth-order valence-corrected chi connectivity index (χ4v) is 4.64. The number of benzene rings is 3. The quantitative estimate of drug-likeness (QED) is 0.568. The van der Waals surface area contributed by atoms with Gasteiger partial charge < -0.3 is 5.32 Å². The van der Waals surface area contributed by atoms with Crippen LogP contribution in [0, 0.1) is 13.8 Å². The molecule has 6 heteroatoms. The van der Waals surface area contributed by atoms with Gasteiger partial charge in [-0.1, -0.05) is 72.6 Å². The van der Waals surface area contributed by atoms with Crippen LogP contribution >= 0.6 is 0 Å². The summed E-state index contributed by atoms with van der Waals surface area (Å²) in [6.45, 7) is 5.99. The number of aryl methyl sites for hydroxylation is 2. The van der Waals surface area contributed by atoms with E-state index < -0.39 is 10.0 Å². The Morgan fingerprint density at radius 1 is 0.871 bits per heavy atom. The van der Waals surface area contributed by atoms with Crippen LogP contribution in [0.2, 0.25) is 0 Å². The Bertz CT molecular complexity index is 1110. The molecule has 0 aliphatic rings. The number of carbonyl (C=O) groups excluding carboxylic acids is 1. The normalized spacial score (nSPS) is 12.2. The number of hydrogen-bond acceptors (Lipinski definition) is 3. The van der Waals surface area contributed by atoms with E-state index in [9.17, 15) is 13.2 Å². The van der Waals surface area contributed by atoms with Crippen LogP contribution in [0.25, 0.3) is 0 Å². The zero-order valence-corrected chi connectivity index (χ0v) is 18.9. The zero-order chi connectivity index (χ0) is 22.4. The van der Waals surface area contributed by atoms with Gasteiger partial charge in [0.1, 0.15) is 6.54 Å². The summed E-state index contributed by atoms with van der Waals surface area (Å²) in [5.41, 5.74) is 3.55. The van der Waals surface area contributed by atoms with Crippen LogP contribution < -0.4 is 9.62 Å². The third kappa shape index (κ3) is 5.73. The van der Waals surface area contributed by atoms with Gasteiger partial charge in [0.25, 0.3) is 10.0 Å². The molecule has 1 atom stereocenters. The Morgan fingerprint density at radius 2 is 1.42 bits per heavy atom. The van der Waals surface area contributed by atoms with Gasteiger partial charge in [-0.05, 0) is 49.6 Å². The van der Waals surface area contributed by atoms with Crippen molar-refractivity contribution in [3.8, 4) is 0 Å².